The molecule has 0 aliphatic carbocycles. The molecule has 2 aromatic rings. The van der Waals surface area contributed by atoms with Gasteiger partial charge >= 0.3 is 0 Å². The fourth-order valence-corrected chi connectivity index (χ4v) is 2.26. The smallest absolute Gasteiger partial charge is 0.258 e. The Balaban J connectivity index is 1.93. The number of nitrogens with one attached hydrogen (secondary N) is 1. The first-order valence-electron chi connectivity index (χ1n) is 7.83. The van der Waals surface area contributed by atoms with Gasteiger partial charge in [-0.2, -0.15) is 0 Å². The molecule has 0 spiro atoms. The van der Waals surface area contributed by atoms with Crippen LogP contribution < -0.4 is 15.8 Å². The van der Waals surface area contributed by atoms with Crippen molar-refractivity contribution in [3.05, 3.63) is 65.7 Å². The van der Waals surface area contributed by atoms with Crippen molar-refractivity contribution < 1.29 is 14.3 Å². The normalized spacial score (nSPS) is 11.8. The second-order valence-electron chi connectivity index (χ2n) is 5.83. The average Bonchev–Trinajstić information content (AvgIpc) is 2.58. The van der Waals surface area contributed by atoms with Crippen LogP contribution >= 0.6 is 0 Å². The Hall–Kier alpha value is -2.82. The standard InChI is InChI=1S/C19H22N2O3/c1-13(2)14-8-10-16(11-9-14)24-12-17(22)21-18(19(20)23)15-6-4-3-5-7-15/h3-11,13,18H,12H2,1-2H3,(H2,20,23)(H,21,22)/t18-/m0/s1. The lowest BCUT2D eigenvalue weighted by Gasteiger charge is -2.16. The Labute approximate surface area is 141 Å². The minimum absolute atomic E-state index is 0.183. The predicted molar refractivity (Wildman–Crippen MR) is 92.5 cm³/mol. The van der Waals surface area contributed by atoms with Gasteiger partial charge in [0, 0.05) is 0 Å². The molecule has 0 saturated carbocycles. The highest BCUT2D eigenvalue weighted by Gasteiger charge is 2.20. The van der Waals surface area contributed by atoms with E-state index in [1.807, 2.05) is 30.3 Å². The third-order valence-corrected chi connectivity index (χ3v) is 3.64. The van der Waals surface area contributed by atoms with Crippen molar-refractivity contribution in [2.24, 2.45) is 5.73 Å². The lowest BCUT2D eigenvalue weighted by atomic mass is 10.0. The molecule has 0 saturated heterocycles. The molecule has 3 N–H and O–H groups in total. The molecule has 0 heterocycles. The van der Waals surface area contributed by atoms with Crippen LogP contribution in [0.25, 0.3) is 0 Å². The van der Waals surface area contributed by atoms with Gasteiger partial charge < -0.3 is 15.8 Å². The Morgan fingerprint density at radius 2 is 1.62 bits per heavy atom. The number of amides is 2. The van der Waals surface area contributed by atoms with Crippen molar-refractivity contribution in [2.75, 3.05) is 6.61 Å². The van der Waals surface area contributed by atoms with Crippen LogP contribution in [0.4, 0.5) is 0 Å². The van der Waals surface area contributed by atoms with Gasteiger partial charge in [0.15, 0.2) is 6.61 Å². The SMILES string of the molecule is CC(C)c1ccc(OCC(=O)N[C@H](C(N)=O)c2ccccc2)cc1. The van der Waals surface area contributed by atoms with E-state index in [1.165, 1.54) is 5.56 Å². The molecule has 24 heavy (non-hydrogen) atoms. The lowest BCUT2D eigenvalue weighted by Crippen LogP contribution is -2.39. The summed E-state index contributed by atoms with van der Waals surface area (Å²) in [6.07, 6.45) is 0. The number of carbonyl (C=O) groups excluding carboxylic acids is 2. The highest BCUT2D eigenvalue weighted by atomic mass is 16.5. The zero-order chi connectivity index (χ0) is 17.5. The topological polar surface area (TPSA) is 81.4 Å². The molecule has 0 radical (unpaired) electrons. The lowest BCUT2D eigenvalue weighted by molar-refractivity contribution is -0.128. The first-order chi connectivity index (χ1) is 11.5. The Kier molecular flexibility index (Phi) is 5.95. The molecule has 126 valence electrons. The highest BCUT2D eigenvalue weighted by molar-refractivity contribution is 5.88. The van der Waals surface area contributed by atoms with Crippen LogP contribution in [0.15, 0.2) is 54.6 Å². The third-order valence-electron chi connectivity index (χ3n) is 3.64. The summed E-state index contributed by atoms with van der Waals surface area (Å²) in [6.45, 7) is 4.03. The van der Waals surface area contributed by atoms with Crippen LogP contribution in [0, 0.1) is 0 Å². The molecule has 5 nitrogen and oxygen atoms in total. The van der Waals surface area contributed by atoms with E-state index in [-0.39, 0.29) is 6.61 Å². The highest BCUT2D eigenvalue weighted by Crippen LogP contribution is 2.18. The molecule has 0 aliphatic heterocycles. The van der Waals surface area contributed by atoms with Crippen LogP contribution in [-0.4, -0.2) is 18.4 Å². The summed E-state index contributed by atoms with van der Waals surface area (Å²) >= 11 is 0. The van der Waals surface area contributed by atoms with E-state index in [2.05, 4.69) is 19.2 Å². The summed E-state index contributed by atoms with van der Waals surface area (Å²) in [6, 6.07) is 15.6. The predicted octanol–water partition coefficient (Wildman–Crippen LogP) is 2.53. The zero-order valence-electron chi connectivity index (χ0n) is 13.9. The van der Waals surface area contributed by atoms with E-state index in [1.54, 1.807) is 24.3 Å². The molecular formula is C19H22N2O3. The van der Waals surface area contributed by atoms with Gasteiger partial charge in [-0.3, -0.25) is 9.59 Å². The summed E-state index contributed by atoms with van der Waals surface area (Å²) in [4.78, 5) is 23.6. The van der Waals surface area contributed by atoms with Crippen molar-refractivity contribution in [3.8, 4) is 5.75 Å². The number of ether oxygens (including phenoxy) is 1. The number of benzene rings is 2. The van der Waals surface area contributed by atoms with E-state index < -0.39 is 17.9 Å². The van der Waals surface area contributed by atoms with Gasteiger partial charge in [-0.15, -0.1) is 0 Å². The fraction of sp³-hybridized carbons (Fsp3) is 0.263. The summed E-state index contributed by atoms with van der Waals surface area (Å²) < 4.78 is 5.45. The van der Waals surface area contributed by atoms with Crippen LogP contribution in [-0.2, 0) is 9.59 Å². The summed E-state index contributed by atoms with van der Waals surface area (Å²) in [5, 5.41) is 2.59. The Morgan fingerprint density at radius 3 is 2.17 bits per heavy atom. The van der Waals surface area contributed by atoms with E-state index in [9.17, 15) is 9.59 Å². The maximum absolute atomic E-state index is 12.0. The maximum Gasteiger partial charge on any atom is 0.258 e. The Morgan fingerprint density at radius 1 is 1.00 bits per heavy atom. The van der Waals surface area contributed by atoms with Crippen LogP contribution in [0.5, 0.6) is 5.75 Å². The van der Waals surface area contributed by atoms with Gasteiger partial charge in [0.05, 0.1) is 0 Å². The second-order valence-corrected chi connectivity index (χ2v) is 5.83. The largest absolute Gasteiger partial charge is 0.484 e. The van der Waals surface area contributed by atoms with E-state index in [0.29, 0.717) is 17.2 Å². The first-order valence-corrected chi connectivity index (χ1v) is 7.83. The molecule has 1 atom stereocenters. The molecule has 0 fully saturated rings. The van der Waals surface area contributed by atoms with Crippen molar-refractivity contribution >= 4 is 11.8 Å². The third kappa shape index (κ3) is 4.84. The molecule has 2 aromatic carbocycles. The summed E-state index contributed by atoms with van der Waals surface area (Å²) in [5.41, 5.74) is 7.21. The number of carbonyl (C=O) groups is 2. The molecule has 0 unspecified atom stereocenters. The number of hydrogen-bond donors (Lipinski definition) is 2. The number of hydrogen-bond acceptors (Lipinski definition) is 3. The number of primary amides is 1. The van der Waals surface area contributed by atoms with Crippen LogP contribution in [0.3, 0.4) is 0 Å². The summed E-state index contributed by atoms with van der Waals surface area (Å²) in [5.74, 6) is 0.0147. The number of rotatable bonds is 7. The monoisotopic (exact) mass is 326 g/mol. The van der Waals surface area contributed by atoms with Gasteiger partial charge in [0.1, 0.15) is 11.8 Å². The van der Waals surface area contributed by atoms with Crippen molar-refractivity contribution in [2.45, 2.75) is 25.8 Å². The summed E-state index contributed by atoms with van der Waals surface area (Å²) in [7, 11) is 0. The van der Waals surface area contributed by atoms with E-state index in [0.717, 1.165) is 0 Å². The second kappa shape index (κ2) is 8.15. The van der Waals surface area contributed by atoms with Gasteiger partial charge in [-0.1, -0.05) is 56.3 Å². The minimum atomic E-state index is -0.870. The zero-order valence-corrected chi connectivity index (χ0v) is 13.9. The maximum atomic E-state index is 12.0. The van der Waals surface area contributed by atoms with Gasteiger partial charge in [0.25, 0.3) is 5.91 Å². The van der Waals surface area contributed by atoms with Crippen molar-refractivity contribution in [1.29, 1.82) is 0 Å². The molecule has 0 aliphatic rings. The molecule has 0 aromatic heterocycles. The molecule has 2 amide bonds. The number of nitrogens with two attached hydrogens (primary N) is 1. The van der Waals surface area contributed by atoms with Crippen LogP contribution in [0.2, 0.25) is 0 Å². The average molecular weight is 326 g/mol. The quantitative estimate of drug-likeness (QED) is 0.820. The van der Waals surface area contributed by atoms with Crippen molar-refractivity contribution in [1.82, 2.24) is 5.32 Å². The molecular weight excluding hydrogens is 304 g/mol. The van der Waals surface area contributed by atoms with E-state index in [4.69, 9.17) is 10.5 Å². The van der Waals surface area contributed by atoms with Gasteiger partial charge in [-0.25, -0.2) is 0 Å². The molecule has 2 rings (SSSR count). The first kappa shape index (κ1) is 17.5. The minimum Gasteiger partial charge on any atom is -0.484 e. The molecule has 0 bridgehead atoms. The van der Waals surface area contributed by atoms with Crippen molar-refractivity contribution in [3.63, 3.8) is 0 Å². The van der Waals surface area contributed by atoms with Gasteiger partial charge in [0.2, 0.25) is 5.91 Å². The Bertz CT molecular complexity index is 682. The van der Waals surface area contributed by atoms with Crippen LogP contribution in [0.1, 0.15) is 36.9 Å². The fourth-order valence-electron chi connectivity index (χ4n) is 2.26. The molecule has 5 heteroatoms. The van der Waals surface area contributed by atoms with E-state index >= 15 is 0 Å². The van der Waals surface area contributed by atoms with Gasteiger partial charge in [-0.05, 0) is 29.2 Å².